The molecule has 0 aromatic carbocycles. The first kappa shape index (κ1) is 13.3. The van der Waals surface area contributed by atoms with Gasteiger partial charge in [0.1, 0.15) is 0 Å². The van der Waals surface area contributed by atoms with E-state index in [1.54, 1.807) is 0 Å². The van der Waals surface area contributed by atoms with Crippen LogP contribution in [0.25, 0.3) is 0 Å². The maximum absolute atomic E-state index is 5.63. The smallest absolute Gasteiger partial charge is 0.0596 e. The van der Waals surface area contributed by atoms with Crippen molar-refractivity contribution < 1.29 is 4.74 Å². The van der Waals surface area contributed by atoms with Crippen molar-refractivity contribution in [3.8, 4) is 0 Å². The molecular weight excluding hydrogens is 212 g/mol. The number of nitrogens with zero attached hydrogens (tertiary/aromatic N) is 2. The molecule has 0 saturated carbocycles. The van der Waals surface area contributed by atoms with E-state index in [0.29, 0.717) is 6.10 Å². The Kier molecular flexibility index (Phi) is 4.83. The standard InChI is InChI=1S/C14H28N2O/c1-4-5-6-16-13-9-14(16)11-15(10-13)7-8-17-12(2)3/h12-14H,4-11H2,1-3H3. The summed E-state index contributed by atoms with van der Waals surface area (Å²) in [6, 6.07) is 1.69. The molecule has 0 aromatic rings. The third-order valence-corrected chi connectivity index (χ3v) is 4.05. The fourth-order valence-corrected chi connectivity index (χ4v) is 3.08. The molecule has 3 heterocycles. The third kappa shape index (κ3) is 3.43. The molecule has 0 aliphatic carbocycles. The van der Waals surface area contributed by atoms with Crippen LogP contribution in [-0.4, -0.2) is 60.8 Å². The van der Waals surface area contributed by atoms with Gasteiger partial charge in [0.05, 0.1) is 12.7 Å². The van der Waals surface area contributed by atoms with Gasteiger partial charge < -0.3 is 4.74 Å². The van der Waals surface area contributed by atoms with Gasteiger partial charge in [-0.2, -0.15) is 0 Å². The van der Waals surface area contributed by atoms with Crippen molar-refractivity contribution >= 4 is 0 Å². The average molecular weight is 240 g/mol. The fraction of sp³-hybridized carbons (Fsp3) is 1.00. The van der Waals surface area contributed by atoms with Crippen molar-refractivity contribution in [1.29, 1.82) is 0 Å². The van der Waals surface area contributed by atoms with Crippen LogP contribution >= 0.6 is 0 Å². The Balaban J connectivity index is 1.64. The quantitative estimate of drug-likeness (QED) is 0.676. The number of unbranched alkanes of at least 4 members (excludes halogenated alkanes) is 1. The van der Waals surface area contributed by atoms with Gasteiger partial charge in [-0.3, -0.25) is 9.80 Å². The van der Waals surface area contributed by atoms with Gasteiger partial charge in [0.15, 0.2) is 0 Å². The predicted molar refractivity (Wildman–Crippen MR) is 71.3 cm³/mol. The van der Waals surface area contributed by atoms with Crippen molar-refractivity contribution in [2.24, 2.45) is 0 Å². The molecule has 0 N–H and O–H groups in total. The zero-order valence-electron chi connectivity index (χ0n) is 11.7. The molecule has 3 heteroatoms. The highest BCUT2D eigenvalue weighted by Crippen LogP contribution is 2.32. The number of hydrogen-bond donors (Lipinski definition) is 0. The summed E-state index contributed by atoms with van der Waals surface area (Å²) in [5, 5.41) is 0. The molecule has 3 rings (SSSR count). The van der Waals surface area contributed by atoms with Gasteiger partial charge in [-0.15, -0.1) is 0 Å². The second-order valence-electron chi connectivity index (χ2n) is 5.81. The number of hydrogen-bond acceptors (Lipinski definition) is 3. The number of ether oxygens (including phenoxy) is 1. The van der Waals surface area contributed by atoms with Crippen molar-refractivity contribution in [3.63, 3.8) is 0 Å². The molecule has 3 aliphatic heterocycles. The van der Waals surface area contributed by atoms with Crippen molar-refractivity contribution in [2.75, 3.05) is 32.8 Å². The molecule has 0 radical (unpaired) electrons. The van der Waals surface area contributed by atoms with Gasteiger partial charge >= 0.3 is 0 Å². The van der Waals surface area contributed by atoms with E-state index in [1.807, 2.05) is 0 Å². The lowest BCUT2D eigenvalue weighted by molar-refractivity contribution is -0.0765. The topological polar surface area (TPSA) is 15.7 Å². The van der Waals surface area contributed by atoms with Crippen LogP contribution < -0.4 is 0 Å². The molecular formula is C14H28N2O. The first-order chi connectivity index (χ1) is 8.20. The van der Waals surface area contributed by atoms with Gasteiger partial charge in [-0.1, -0.05) is 13.3 Å². The lowest BCUT2D eigenvalue weighted by atomic mass is 9.87. The minimum absolute atomic E-state index is 0.371. The van der Waals surface area contributed by atoms with Crippen molar-refractivity contribution in [2.45, 2.75) is 58.2 Å². The van der Waals surface area contributed by atoms with Gasteiger partial charge in [-0.25, -0.2) is 0 Å². The molecule has 2 atom stereocenters. The first-order valence-corrected chi connectivity index (χ1v) is 7.30. The van der Waals surface area contributed by atoms with Crippen LogP contribution in [0.2, 0.25) is 0 Å². The lowest BCUT2D eigenvalue weighted by Crippen LogP contribution is -2.68. The van der Waals surface area contributed by atoms with Crippen LogP contribution in [0, 0.1) is 0 Å². The molecule has 0 amide bonds. The summed E-state index contributed by atoms with van der Waals surface area (Å²) in [5.74, 6) is 0. The monoisotopic (exact) mass is 240 g/mol. The molecule has 0 aromatic heterocycles. The Morgan fingerprint density at radius 1 is 1.18 bits per heavy atom. The van der Waals surface area contributed by atoms with Crippen LogP contribution in [0.15, 0.2) is 0 Å². The summed E-state index contributed by atoms with van der Waals surface area (Å²) in [7, 11) is 0. The zero-order valence-corrected chi connectivity index (χ0v) is 11.7. The molecule has 17 heavy (non-hydrogen) atoms. The normalized spacial score (nSPS) is 29.6. The molecule has 3 nitrogen and oxygen atoms in total. The Morgan fingerprint density at radius 2 is 1.88 bits per heavy atom. The summed E-state index contributed by atoms with van der Waals surface area (Å²) >= 11 is 0. The van der Waals surface area contributed by atoms with E-state index in [4.69, 9.17) is 4.74 Å². The van der Waals surface area contributed by atoms with Gasteiger partial charge in [0, 0.05) is 31.7 Å². The van der Waals surface area contributed by atoms with Crippen molar-refractivity contribution in [3.05, 3.63) is 0 Å². The average Bonchev–Trinajstić information content (AvgIpc) is 2.29. The van der Waals surface area contributed by atoms with E-state index in [0.717, 1.165) is 25.2 Å². The molecule has 3 aliphatic rings. The number of fused-ring (bicyclic) bond motifs is 2. The molecule has 2 bridgehead atoms. The maximum atomic E-state index is 5.63. The summed E-state index contributed by atoms with van der Waals surface area (Å²) in [5.41, 5.74) is 0. The van der Waals surface area contributed by atoms with Gasteiger partial charge in [-0.05, 0) is 33.2 Å². The molecule has 3 fully saturated rings. The van der Waals surface area contributed by atoms with Crippen LogP contribution in [0.5, 0.6) is 0 Å². The second-order valence-corrected chi connectivity index (χ2v) is 5.81. The third-order valence-electron chi connectivity index (χ3n) is 4.05. The molecule has 3 saturated heterocycles. The van der Waals surface area contributed by atoms with E-state index < -0.39 is 0 Å². The van der Waals surface area contributed by atoms with Crippen LogP contribution in [-0.2, 0) is 4.74 Å². The number of piperidine rings is 1. The highest BCUT2D eigenvalue weighted by Gasteiger charge is 2.43. The Morgan fingerprint density at radius 3 is 2.47 bits per heavy atom. The summed E-state index contributed by atoms with van der Waals surface area (Å²) in [6.45, 7) is 12.4. The summed E-state index contributed by atoms with van der Waals surface area (Å²) in [4.78, 5) is 5.31. The highest BCUT2D eigenvalue weighted by atomic mass is 16.5. The minimum atomic E-state index is 0.371. The predicted octanol–water partition coefficient (Wildman–Crippen LogP) is 1.97. The van der Waals surface area contributed by atoms with Crippen LogP contribution in [0.4, 0.5) is 0 Å². The Hall–Kier alpha value is -0.120. The van der Waals surface area contributed by atoms with E-state index >= 15 is 0 Å². The lowest BCUT2D eigenvalue weighted by Gasteiger charge is -2.56. The zero-order chi connectivity index (χ0) is 12.3. The first-order valence-electron chi connectivity index (χ1n) is 7.30. The minimum Gasteiger partial charge on any atom is -0.377 e. The second kappa shape index (κ2) is 6.17. The Labute approximate surface area is 106 Å². The fourth-order valence-electron chi connectivity index (χ4n) is 3.08. The van der Waals surface area contributed by atoms with E-state index in [9.17, 15) is 0 Å². The molecule has 0 spiro atoms. The van der Waals surface area contributed by atoms with Crippen LogP contribution in [0.3, 0.4) is 0 Å². The SMILES string of the molecule is CCCCN1C2CC1CN(CCOC(C)C)C2. The summed E-state index contributed by atoms with van der Waals surface area (Å²) in [6.07, 6.45) is 4.49. The van der Waals surface area contributed by atoms with E-state index in [-0.39, 0.29) is 0 Å². The molecule has 2 unspecified atom stereocenters. The Bertz CT molecular complexity index is 220. The van der Waals surface area contributed by atoms with E-state index in [2.05, 4.69) is 30.6 Å². The van der Waals surface area contributed by atoms with Gasteiger partial charge in [0.25, 0.3) is 0 Å². The van der Waals surface area contributed by atoms with Gasteiger partial charge in [0.2, 0.25) is 0 Å². The largest absolute Gasteiger partial charge is 0.377 e. The maximum Gasteiger partial charge on any atom is 0.0596 e. The molecule has 100 valence electrons. The van der Waals surface area contributed by atoms with E-state index in [1.165, 1.54) is 38.9 Å². The highest BCUT2D eigenvalue weighted by molar-refractivity contribution is 5.00. The number of piperazine rings is 1. The number of rotatable bonds is 7. The van der Waals surface area contributed by atoms with Crippen LogP contribution in [0.1, 0.15) is 40.0 Å². The van der Waals surface area contributed by atoms with Crippen molar-refractivity contribution in [1.82, 2.24) is 9.80 Å². The summed E-state index contributed by atoms with van der Waals surface area (Å²) < 4.78 is 5.63.